The van der Waals surface area contributed by atoms with Crippen molar-refractivity contribution in [2.24, 2.45) is 0 Å². The predicted octanol–water partition coefficient (Wildman–Crippen LogP) is 6.68. The van der Waals surface area contributed by atoms with E-state index in [0.717, 1.165) is 71.3 Å². The topological polar surface area (TPSA) is 113 Å². The molecule has 4 aromatic carbocycles. The van der Waals surface area contributed by atoms with Gasteiger partial charge in [0, 0.05) is 91.9 Å². The Morgan fingerprint density at radius 3 is 1.14 bits per heavy atom. The van der Waals surface area contributed by atoms with E-state index in [-0.39, 0.29) is 12.1 Å². The molecule has 4 aromatic rings. The van der Waals surface area contributed by atoms with E-state index in [0.29, 0.717) is 39.0 Å². The molecule has 12 heteroatoms. The summed E-state index contributed by atoms with van der Waals surface area (Å²) in [7, 11) is 11.2. The molecule has 1 aliphatic heterocycles. The van der Waals surface area contributed by atoms with Crippen molar-refractivity contribution in [3.8, 4) is 11.5 Å². The van der Waals surface area contributed by atoms with E-state index < -0.39 is 12.2 Å². The fourth-order valence-corrected chi connectivity index (χ4v) is 7.28. The van der Waals surface area contributed by atoms with Crippen LogP contribution in [0.25, 0.3) is 0 Å². The first-order valence-electron chi connectivity index (χ1n) is 19.2. The molecule has 0 bridgehead atoms. The lowest BCUT2D eigenvalue weighted by atomic mass is 9.97. The van der Waals surface area contributed by atoms with Gasteiger partial charge in [-0.1, -0.05) is 48.5 Å². The van der Waals surface area contributed by atoms with Gasteiger partial charge in [-0.3, -0.25) is 19.6 Å². The molecule has 0 spiro atoms. The summed E-state index contributed by atoms with van der Waals surface area (Å²) < 4.78 is 10.8. The minimum atomic E-state index is -0.955. The zero-order chi connectivity index (χ0) is 40.2. The van der Waals surface area contributed by atoms with Gasteiger partial charge in [0.15, 0.2) is 0 Å². The SMILES string of the molecule is COc1ccc(C(Cc2ccc(N(C)C)cc2)N(CCN2CCN(CCN(C(=O)O)C(Cc3ccc(N(C)C)cc3)c3ccc(OC)cc3)CC2)C(=O)O)cc1. The third-order valence-electron chi connectivity index (χ3n) is 10.8. The number of carbonyl (C=O) groups is 2. The van der Waals surface area contributed by atoms with Crippen molar-refractivity contribution >= 4 is 23.6 Å². The number of rotatable bonds is 18. The van der Waals surface area contributed by atoms with Crippen LogP contribution in [0.4, 0.5) is 21.0 Å². The molecule has 1 aliphatic rings. The maximum atomic E-state index is 12.9. The Bertz CT molecular complexity index is 1680. The van der Waals surface area contributed by atoms with E-state index in [1.165, 1.54) is 0 Å². The molecule has 2 unspecified atom stereocenters. The van der Waals surface area contributed by atoms with Gasteiger partial charge in [0.25, 0.3) is 0 Å². The number of hydrogen-bond acceptors (Lipinski definition) is 8. The molecule has 2 amide bonds. The Morgan fingerprint density at radius 1 is 0.554 bits per heavy atom. The Labute approximate surface area is 332 Å². The molecule has 5 rings (SSSR count). The van der Waals surface area contributed by atoms with Crippen LogP contribution in [0, 0.1) is 0 Å². The smallest absolute Gasteiger partial charge is 0.407 e. The average Bonchev–Trinajstić information content (AvgIpc) is 3.20. The lowest BCUT2D eigenvalue weighted by molar-refractivity contribution is 0.0830. The molecule has 1 saturated heterocycles. The Morgan fingerprint density at radius 2 is 0.875 bits per heavy atom. The summed E-state index contributed by atoms with van der Waals surface area (Å²) in [5.74, 6) is 1.44. The number of benzene rings is 4. The molecular weight excluding hydrogens is 709 g/mol. The number of piperazine rings is 1. The number of carboxylic acid groups (broad SMARTS) is 2. The molecule has 0 aliphatic carbocycles. The number of amides is 2. The number of methoxy groups -OCH3 is 2. The lowest BCUT2D eigenvalue weighted by Gasteiger charge is -2.38. The first-order chi connectivity index (χ1) is 26.9. The largest absolute Gasteiger partial charge is 0.497 e. The Kier molecular flexibility index (Phi) is 14.8. The van der Waals surface area contributed by atoms with Gasteiger partial charge < -0.3 is 29.5 Å². The molecule has 0 aromatic heterocycles. The number of hydrogen-bond donors (Lipinski definition) is 2. The second kappa shape index (κ2) is 19.9. The van der Waals surface area contributed by atoms with Crippen molar-refractivity contribution in [3.05, 3.63) is 119 Å². The second-order valence-corrected chi connectivity index (χ2v) is 14.7. The van der Waals surface area contributed by atoms with Crippen LogP contribution >= 0.6 is 0 Å². The number of ether oxygens (including phenoxy) is 2. The monoisotopic (exact) mass is 766 g/mol. The van der Waals surface area contributed by atoms with Gasteiger partial charge in [-0.2, -0.15) is 0 Å². The van der Waals surface area contributed by atoms with Gasteiger partial charge in [-0.05, 0) is 83.6 Å². The maximum absolute atomic E-state index is 12.9. The molecule has 2 atom stereocenters. The Hall–Kier alpha value is -5.46. The molecule has 12 nitrogen and oxygen atoms in total. The highest BCUT2D eigenvalue weighted by Gasteiger charge is 2.29. The van der Waals surface area contributed by atoms with Crippen LogP contribution in [0.2, 0.25) is 0 Å². The molecular formula is C44H58N6O6. The summed E-state index contributed by atoms with van der Waals surface area (Å²) >= 11 is 0. The predicted molar refractivity (Wildman–Crippen MR) is 223 cm³/mol. The molecule has 56 heavy (non-hydrogen) atoms. The summed E-state index contributed by atoms with van der Waals surface area (Å²) in [5.41, 5.74) is 6.11. The zero-order valence-electron chi connectivity index (χ0n) is 33.7. The van der Waals surface area contributed by atoms with Crippen molar-refractivity contribution in [2.75, 3.05) is 105 Å². The van der Waals surface area contributed by atoms with Crippen molar-refractivity contribution in [1.82, 2.24) is 19.6 Å². The first kappa shape index (κ1) is 41.7. The summed E-state index contributed by atoms with van der Waals surface area (Å²) in [6, 6.07) is 31.1. The fourth-order valence-electron chi connectivity index (χ4n) is 7.28. The molecule has 1 fully saturated rings. The van der Waals surface area contributed by atoms with Gasteiger partial charge in [-0.25, -0.2) is 9.59 Å². The molecule has 1 heterocycles. The zero-order valence-corrected chi connectivity index (χ0v) is 33.7. The van der Waals surface area contributed by atoms with Crippen LogP contribution in [0.15, 0.2) is 97.1 Å². The summed E-state index contributed by atoms with van der Waals surface area (Å²) in [6.45, 7) is 4.96. The van der Waals surface area contributed by atoms with Gasteiger partial charge in [0.05, 0.1) is 26.3 Å². The van der Waals surface area contributed by atoms with Gasteiger partial charge in [0.1, 0.15) is 11.5 Å². The Balaban J connectivity index is 1.22. The minimum Gasteiger partial charge on any atom is -0.497 e. The van der Waals surface area contributed by atoms with Crippen LogP contribution < -0.4 is 19.3 Å². The highest BCUT2D eigenvalue weighted by Crippen LogP contribution is 2.30. The van der Waals surface area contributed by atoms with E-state index in [9.17, 15) is 19.8 Å². The first-order valence-corrected chi connectivity index (χ1v) is 19.2. The highest BCUT2D eigenvalue weighted by molar-refractivity contribution is 5.66. The normalized spacial score (nSPS) is 14.4. The summed E-state index contributed by atoms with van der Waals surface area (Å²) in [5, 5.41) is 21.1. The van der Waals surface area contributed by atoms with Crippen LogP contribution in [0.3, 0.4) is 0 Å². The van der Waals surface area contributed by atoms with Crippen LogP contribution in [0.1, 0.15) is 34.3 Å². The van der Waals surface area contributed by atoms with E-state index >= 15 is 0 Å². The maximum Gasteiger partial charge on any atom is 0.407 e. The summed E-state index contributed by atoms with van der Waals surface area (Å²) in [6.07, 6.45) is -0.829. The highest BCUT2D eigenvalue weighted by atomic mass is 16.5. The van der Waals surface area contributed by atoms with Crippen molar-refractivity contribution in [1.29, 1.82) is 0 Å². The number of nitrogens with zero attached hydrogens (tertiary/aromatic N) is 6. The molecule has 0 saturated carbocycles. The van der Waals surface area contributed by atoms with Crippen LogP contribution in [-0.4, -0.2) is 137 Å². The van der Waals surface area contributed by atoms with E-state index in [1.807, 2.05) is 86.5 Å². The van der Waals surface area contributed by atoms with E-state index in [4.69, 9.17) is 9.47 Å². The van der Waals surface area contributed by atoms with E-state index in [2.05, 4.69) is 58.3 Å². The second-order valence-electron chi connectivity index (χ2n) is 14.7. The van der Waals surface area contributed by atoms with Crippen molar-refractivity contribution in [3.63, 3.8) is 0 Å². The third kappa shape index (κ3) is 11.3. The van der Waals surface area contributed by atoms with Gasteiger partial charge in [-0.15, -0.1) is 0 Å². The van der Waals surface area contributed by atoms with Crippen LogP contribution in [-0.2, 0) is 12.8 Å². The lowest BCUT2D eigenvalue weighted by Crippen LogP contribution is -2.51. The minimum absolute atomic E-state index is 0.355. The van der Waals surface area contributed by atoms with Gasteiger partial charge in [0.2, 0.25) is 0 Å². The fraction of sp³-hybridized carbons (Fsp3) is 0.409. The third-order valence-corrected chi connectivity index (χ3v) is 10.8. The quantitative estimate of drug-likeness (QED) is 0.114. The molecule has 2 N–H and O–H groups in total. The van der Waals surface area contributed by atoms with Crippen molar-refractivity contribution < 1.29 is 29.3 Å². The van der Waals surface area contributed by atoms with Gasteiger partial charge >= 0.3 is 12.2 Å². The summed E-state index contributed by atoms with van der Waals surface area (Å²) in [4.78, 5) is 37.5. The molecule has 0 radical (unpaired) electrons. The van der Waals surface area contributed by atoms with E-state index in [1.54, 1.807) is 24.0 Å². The number of anilines is 2. The average molecular weight is 767 g/mol. The standard InChI is InChI=1S/C44H58N6O6/c1-45(2)37-15-7-33(8-16-37)31-41(35-11-19-39(55-5)20-12-35)49(43(51)52)29-27-47-23-25-48(26-24-47)28-30-50(44(53)54)42(36-13-21-40(56-6)22-14-36)32-34-9-17-38(18-10-34)46(3)4/h7-22,41-42H,23-32H2,1-6H3,(H,51,52)(H,53,54). The van der Waals surface area contributed by atoms with Crippen LogP contribution in [0.5, 0.6) is 11.5 Å². The molecule has 300 valence electrons. The van der Waals surface area contributed by atoms with Crippen molar-refractivity contribution in [2.45, 2.75) is 24.9 Å².